The van der Waals surface area contributed by atoms with Crippen LogP contribution in [-0.2, 0) is 9.32 Å². The second-order valence-electron chi connectivity index (χ2n) is 1.90. The second kappa shape index (κ2) is 3.80. The molecule has 3 nitrogen and oxygen atoms in total. The van der Waals surface area contributed by atoms with Crippen molar-refractivity contribution in [2.45, 2.75) is 13.0 Å². The van der Waals surface area contributed by atoms with Crippen molar-refractivity contribution < 1.29 is 14.4 Å². The van der Waals surface area contributed by atoms with E-state index in [0.29, 0.717) is 0 Å². The van der Waals surface area contributed by atoms with E-state index in [0.717, 1.165) is 0 Å². The van der Waals surface area contributed by atoms with E-state index in [1.807, 2.05) is 0 Å². The first kappa shape index (κ1) is 8.86. The summed E-state index contributed by atoms with van der Waals surface area (Å²) in [6.07, 6.45) is -0.991. The average molecular weight is 150 g/mol. The maximum absolute atomic E-state index is 10.5. The molecular formula is C5H11O3P. The van der Waals surface area contributed by atoms with Gasteiger partial charge in [-0.25, -0.2) is 4.79 Å². The molecule has 1 atom stereocenters. The van der Waals surface area contributed by atoms with Crippen LogP contribution in [0.1, 0.15) is 6.92 Å². The van der Waals surface area contributed by atoms with Gasteiger partial charge in [0.2, 0.25) is 0 Å². The summed E-state index contributed by atoms with van der Waals surface area (Å²) < 4.78 is 4.69. The summed E-state index contributed by atoms with van der Waals surface area (Å²) in [5.41, 5.74) is 0. The minimum atomic E-state index is -0.991. The van der Waals surface area contributed by atoms with Gasteiger partial charge in [0, 0.05) is 0 Å². The van der Waals surface area contributed by atoms with Crippen LogP contribution in [0.15, 0.2) is 0 Å². The second-order valence-corrected chi connectivity index (χ2v) is 3.71. The van der Waals surface area contributed by atoms with E-state index < -0.39 is 20.2 Å². The molecule has 0 fully saturated rings. The van der Waals surface area contributed by atoms with E-state index in [2.05, 4.69) is 4.52 Å². The summed E-state index contributed by atoms with van der Waals surface area (Å²) in [5.74, 6) is -0.536. The molecule has 0 aliphatic carbocycles. The van der Waals surface area contributed by atoms with Crippen LogP contribution in [0.5, 0.6) is 0 Å². The largest absolute Gasteiger partial charge is 0.444 e. The normalized spacial score (nSPS) is 13.4. The molecule has 0 aromatic carbocycles. The third kappa shape index (κ3) is 4.37. The Hall–Kier alpha value is -0.140. The van der Waals surface area contributed by atoms with Crippen molar-refractivity contribution in [3.05, 3.63) is 0 Å². The number of carbonyl (C=O) groups is 1. The van der Waals surface area contributed by atoms with Gasteiger partial charge in [-0.1, -0.05) is 0 Å². The van der Waals surface area contributed by atoms with Crippen LogP contribution in [0, 0.1) is 0 Å². The third-order valence-electron chi connectivity index (χ3n) is 0.614. The predicted octanol–water partition coefficient (Wildman–Crippen LogP) is 0.567. The Morgan fingerprint density at radius 3 is 2.22 bits per heavy atom. The van der Waals surface area contributed by atoms with Gasteiger partial charge in [-0.05, 0) is 20.3 Å². The Kier molecular flexibility index (Phi) is 3.75. The van der Waals surface area contributed by atoms with Crippen molar-refractivity contribution in [2.75, 3.05) is 13.3 Å². The van der Waals surface area contributed by atoms with E-state index in [4.69, 9.17) is 5.11 Å². The third-order valence-corrected chi connectivity index (χ3v) is 1.16. The van der Waals surface area contributed by atoms with Gasteiger partial charge >= 0.3 is 5.97 Å². The van der Waals surface area contributed by atoms with Gasteiger partial charge in [0.25, 0.3) is 0 Å². The van der Waals surface area contributed by atoms with Gasteiger partial charge in [-0.3, -0.25) is 0 Å². The summed E-state index contributed by atoms with van der Waals surface area (Å²) in [4.78, 5) is 10.5. The lowest BCUT2D eigenvalue weighted by atomic mass is 10.4. The summed E-state index contributed by atoms with van der Waals surface area (Å²) in [5, 5.41) is 8.61. The highest BCUT2D eigenvalue weighted by molar-refractivity contribution is 7.51. The summed E-state index contributed by atoms with van der Waals surface area (Å²) in [6.45, 7) is 4.99. The van der Waals surface area contributed by atoms with Crippen molar-refractivity contribution in [3.63, 3.8) is 0 Å². The topological polar surface area (TPSA) is 46.5 Å². The summed E-state index contributed by atoms with van der Waals surface area (Å²) in [7, 11) is -0.682. The van der Waals surface area contributed by atoms with Crippen molar-refractivity contribution in [3.8, 4) is 0 Å². The van der Waals surface area contributed by atoms with Gasteiger partial charge < -0.3 is 9.63 Å². The summed E-state index contributed by atoms with van der Waals surface area (Å²) in [6, 6.07) is 0. The van der Waals surface area contributed by atoms with E-state index in [9.17, 15) is 4.79 Å². The van der Waals surface area contributed by atoms with Crippen LogP contribution in [0.4, 0.5) is 0 Å². The van der Waals surface area contributed by atoms with E-state index in [1.54, 1.807) is 13.3 Å². The molecule has 0 saturated heterocycles. The zero-order valence-electron chi connectivity index (χ0n) is 5.79. The number of aliphatic hydroxyl groups excluding tert-OH is 1. The molecule has 0 aromatic heterocycles. The Morgan fingerprint density at radius 1 is 1.67 bits per heavy atom. The van der Waals surface area contributed by atoms with Gasteiger partial charge in [0.05, 0.1) is 8.15 Å². The molecule has 0 bridgehead atoms. The molecule has 9 heavy (non-hydrogen) atoms. The highest BCUT2D eigenvalue weighted by Crippen LogP contribution is 2.26. The molecule has 0 heterocycles. The molecule has 0 spiro atoms. The van der Waals surface area contributed by atoms with Crippen LogP contribution < -0.4 is 0 Å². The van der Waals surface area contributed by atoms with Crippen molar-refractivity contribution in [1.82, 2.24) is 0 Å². The van der Waals surface area contributed by atoms with Crippen molar-refractivity contribution >= 4 is 14.1 Å². The average Bonchev–Trinajstić information content (AvgIpc) is 1.63. The molecule has 0 saturated carbocycles. The number of rotatable bonds is 2. The Balaban J connectivity index is 3.51. The fourth-order valence-electron chi connectivity index (χ4n) is 0.256. The first-order valence-electron chi connectivity index (χ1n) is 2.61. The van der Waals surface area contributed by atoms with Gasteiger partial charge in [0.15, 0.2) is 0 Å². The minimum Gasteiger partial charge on any atom is -0.444 e. The SMILES string of the molecule is C[C@H](O)C(=O)OP(C)C. The number of hydrogen-bond acceptors (Lipinski definition) is 3. The van der Waals surface area contributed by atoms with Crippen molar-refractivity contribution in [1.29, 1.82) is 0 Å². The number of carbonyl (C=O) groups excluding carboxylic acids is 1. The zero-order chi connectivity index (χ0) is 7.44. The maximum atomic E-state index is 10.5. The molecule has 4 heteroatoms. The Bertz CT molecular complexity index is 100. The smallest absolute Gasteiger partial charge is 0.337 e. The lowest BCUT2D eigenvalue weighted by Gasteiger charge is -2.07. The highest BCUT2D eigenvalue weighted by atomic mass is 31.1. The Morgan fingerprint density at radius 2 is 2.11 bits per heavy atom. The van der Waals surface area contributed by atoms with Crippen LogP contribution in [0.2, 0.25) is 0 Å². The fourth-order valence-corrected chi connectivity index (χ4v) is 0.769. The van der Waals surface area contributed by atoms with Crippen molar-refractivity contribution in [2.24, 2.45) is 0 Å². The molecule has 1 N–H and O–H groups in total. The van der Waals surface area contributed by atoms with E-state index >= 15 is 0 Å². The maximum Gasteiger partial charge on any atom is 0.337 e. The molecule has 0 amide bonds. The van der Waals surface area contributed by atoms with E-state index in [-0.39, 0.29) is 0 Å². The monoisotopic (exact) mass is 150 g/mol. The van der Waals surface area contributed by atoms with Crippen LogP contribution in [-0.4, -0.2) is 30.5 Å². The van der Waals surface area contributed by atoms with Gasteiger partial charge in [0.1, 0.15) is 6.10 Å². The molecule has 54 valence electrons. The lowest BCUT2D eigenvalue weighted by Crippen LogP contribution is -2.16. The van der Waals surface area contributed by atoms with E-state index in [1.165, 1.54) is 6.92 Å². The van der Waals surface area contributed by atoms with Crippen LogP contribution >= 0.6 is 8.15 Å². The fraction of sp³-hybridized carbons (Fsp3) is 0.800. The molecule has 0 rings (SSSR count). The minimum absolute atomic E-state index is 0.536. The molecular weight excluding hydrogens is 139 g/mol. The standard InChI is InChI=1S/C5H11O3P/c1-4(6)5(7)8-9(2)3/h4,6H,1-3H3/t4-/m0/s1. The first-order chi connectivity index (χ1) is 4.04. The van der Waals surface area contributed by atoms with Gasteiger partial charge in [-0.2, -0.15) is 0 Å². The molecule has 0 aliphatic rings. The highest BCUT2D eigenvalue weighted by Gasteiger charge is 2.10. The molecule has 0 aliphatic heterocycles. The first-order valence-corrected chi connectivity index (χ1v) is 4.76. The molecule has 0 unspecified atom stereocenters. The lowest BCUT2D eigenvalue weighted by molar-refractivity contribution is -0.141. The Labute approximate surface area is 55.9 Å². The number of hydrogen-bond donors (Lipinski definition) is 1. The van der Waals surface area contributed by atoms with Crippen LogP contribution in [0.3, 0.4) is 0 Å². The molecule has 0 aromatic rings. The summed E-state index contributed by atoms with van der Waals surface area (Å²) >= 11 is 0. The number of aliphatic hydroxyl groups is 1. The predicted molar refractivity (Wildman–Crippen MR) is 36.5 cm³/mol. The van der Waals surface area contributed by atoms with Crippen LogP contribution in [0.25, 0.3) is 0 Å². The van der Waals surface area contributed by atoms with Gasteiger partial charge in [-0.15, -0.1) is 0 Å². The quantitative estimate of drug-likeness (QED) is 0.585. The molecule has 0 radical (unpaired) electrons. The zero-order valence-corrected chi connectivity index (χ0v) is 6.68.